The number of benzene rings is 3. The molecule has 0 aliphatic rings. The largest absolute Gasteiger partial charge is 0.497 e. The van der Waals surface area contributed by atoms with E-state index in [0.29, 0.717) is 22.9 Å². The van der Waals surface area contributed by atoms with E-state index in [9.17, 15) is 14.0 Å². The van der Waals surface area contributed by atoms with Crippen LogP contribution in [-0.4, -0.2) is 32.7 Å². The summed E-state index contributed by atoms with van der Waals surface area (Å²) in [5.74, 6) is -0.0547. The molecule has 32 heavy (non-hydrogen) atoms. The highest BCUT2D eigenvalue weighted by molar-refractivity contribution is 5.95. The Morgan fingerprint density at radius 2 is 1.56 bits per heavy atom. The van der Waals surface area contributed by atoms with Gasteiger partial charge in [0.25, 0.3) is 5.91 Å². The molecular weight excluding hydrogens is 417 g/mol. The van der Waals surface area contributed by atoms with Gasteiger partial charge < -0.3 is 24.3 Å². The monoisotopic (exact) mass is 439 g/mol. The van der Waals surface area contributed by atoms with Crippen molar-refractivity contribution in [1.29, 1.82) is 0 Å². The molecule has 0 atom stereocenters. The lowest BCUT2D eigenvalue weighted by Gasteiger charge is -2.11. The highest BCUT2D eigenvalue weighted by Crippen LogP contribution is 2.25. The van der Waals surface area contributed by atoms with E-state index < -0.39 is 18.5 Å². The van der Waals surface area contributed by atoms with Crippen molar-refractivity contribution in [1.82, 2.24) is 0 Å². The predicted molar refractivity (Wildman–Crippen MR) is 116 cm³/mol. The van der Waals surface area contributed by atoms with Crippen LogP contribution in [0.25, 0.3) is 0 Å². The number of ether oxygens (including phenoxy) is 4. The zero-order valence-corrected chi connectivity index (χ0v) is 17.6. The van der Waals surface area contributed by atoms with E-state index in [4.69, 9.17) is 18.9 Å². The van der Waals surface area contributed by atoms with Crippen molar-refractivity contribution < 1.29 is 32.9 Å². The number of anilines is 1. The zero-order valence-electron chi connectivity index (χ0n) is 17.6. The number of hydrogen-bond donors (Lipinski definition) is 1. The molecule has 0 unspecified atom stereocenters. The van der Waals surface area contributed by atoms with Crippen LogP contribution in [0.1, 0.15) is 15.9 Å². The Kier molecular flexibility index (Phi) is 7.64. The van der Waals surface area contributed by atoms with E-state index >= 15 is 0 Å². The van der Waals surface area contributed by atoms with Crippen LogP contribution in [0.5, 0.6) is 17.2 Å². The molecule has 0 fully saturated rings. The van der Waals surface area contributed by atoms with E-state index in [1.807, 2.05) is 0 Å². The smallest absolute Gasteiger partial charge is 0.338 e. The van der Waals surface area contributed by atoms with Crippen molar-refractivity contribution in [3.05, 3.63) is 83.7 Å². The lowest BCUT2D eigenvalue weighted by atomic mass is 10.2. The first-order chi connectivity index (χ1) is 15.5. The molecule has 0 heterocycles. The Balaban J connectivity index is 1.54. The Morgan fingerprint density at radius 3 is 2.22 bits per heavy atom. The molecule has 8 heteroatoms. The third-order valence-electron chi connectivity index (χ3n) is 4.36. The maximum atomic E-state index is 13.0. The number of rotatable bonds is 9. The van der Waals surface area contributed by atoms with Crippen LogP contribution in [-0.2, 0) is 16.1 Å². The van der Waals surface area contributed by atoms with Gasteiger partial charge in [-0.1, -0.05) is 18.2 Å². The lowest BCUT2D eigenvalue weighted by Crippen LogP contribution is -2.21. The quantitative estimate of drug-likeness (QED) is 0.503. The van der Waals surface area contributed by atoms with Gasteiger partial charge in [0.2, 0.25) is 0 Å². The van der Waals surface area contributed by atoms with Crippen molar-refractivity contribution in [2.75, 3.05) is 26.1 Å². The number of carbonyl (C=O) groups is 2. The van der Waals surface area contributed by atoms with Crippen LogP contribution in [0, 0.1) is 5.82 Å². The van der Waals surface area contributed by atoms with Crippen LogP contribution in [0.2, 0.25) is 0 Å². The van der Waals surface area contributed by atoms with E-state index in [1.54, 1.807) is 48.5 Å². The van der Waals surface area contributed by atoms with Crippen LogP contribution >= 0.6 is 0 Å². The number of amides is 1. The Labute approximate surface area is 184 Å². The number of hydrogen-bond acceptors (Lipinski definition) is 6. The minimum absolute atomic E-state index is 0.213. The molecule has 0 saturated carbocycles. The fourth-order valence-corrected chi connectivity index (χ4v) is 2.75. The number of methoxy groups -OCH3 is 2. The molecule has 0 saturated heterocycles. The molecule has 0 spiro atoms. The summed E-state index contributed by atoms with van der Waals surface area (Å²) in [4.78, 5) is 24.5. The second-order valence-electron chi connectivity index (χ2n) is 6.67. The summed E-state index contributed by atoms with van der Waals surface area (Å²) in [5, 5.41) is 2.62. The third-order valence-corrected chi connectivity index (χ3v) is 4.36. The topological polar surface area (TPSA) is 83.1 Å². The first-order valence-corrected chi connectivity index (χ1v) is 9.64. The average Bonchev–Trinajstić information content (AvgIpc) is 2.82. The minimum atomic E-state index is -0.671. The molecule has 1 N–H and O–H groups in total. The predicted octanol–water partition coefficient (Wildman–Crippen LogP) is 4.22. The van der Waals surface area contributed by atoms with E-state index in [0.717, 1.165) is 5.56 Å². The molecule has 1 amide bonds. The van der Waals surface area contributed by atoms with Gasteiger partial charge in [-0.3, -0.25) is 4.79 Å². The summed E-state index contributed by atoms with van der Waals surface area (Å²) >= 11 is 0. The van der Waals surface area contributed by atoms with Gasteiger partial charge in [0.1, 0.15) is 29.7 Å². The maximum Gasteiger partial charge on any atom is 0.338 e. The Hall–Kier alpha value is -4.07. The van der Waals surface area contributed by atoms with E-state index in [2.05, 4.69) is 5.32 Å². The fourth-order valence-electron chi connectivity index (χ4n) is 2.75. The molecule has 166 valence electrons. The minimum Gasteiger partial charge on any atom is -0.497 e. The summed E-state index contributed by atoms with van der Waals surface area (Å²) in [5.41, 5.74) is 1.46. The lowest BCUT2D eigenvalue weighted by molar-refractivity contribution is -0.119. The van der Waals surface area contributed by atoms with Crippen molar-refractivity contribution in [3.63, 3.8) is 0 Å². The number of esters is 1. The van der Waals surface area contributed by atoms with Gasteiger partial charge in [-0.05, 0) is 35.9 Å². The number of halogens is 1. The van der Waals surface area contributed by atoms with Gasteiger partial charge >= 0.3 is 5.97 Å². The highest BCUT2D eigenvalue weighted by Gasteiger charge is 2.12. The Bertz CT molecular complexity index is 1060. The highest BCUT2D eigenvalue weighted by atomic mass is 19.1. The molecule has 7 nitrogen and oxygen atoms in total. The van der Waals surface area contributed by atoms with Crippen LogP contribution in [0.4, 0.5) is 10.1 Å². The summed E-state index contributed by atoms with van der Waals surface area (Å²) in [6, 6.07) is 17.2. The normalized spacial score (nSPS) is 10.2. The Morgan fingerprint density at radius 1 is 0.875 bits per heavy atom. The molecule has 0 aliphatic carbocycles. The first-order valence-electron chi connectivity index (χ1n) is 9.64. The van der Waals surface area contributed by atoms with Gasteiger partial charge in [-0.25, -0.2) is 9.18 Å². The molecule has 0 aromatic heterocycles. The fraction of sp³-hybridized carbons (Fsp3) is 0.167. The SMILES string of the molecule is COc1cc(NC(=O)COC(=O)c2cccc(OCc3ccc(F)cc3)c2)cc(OC)c1. The van der Waals surface area contributed by atoms with Gasteiger partial charge in [-0.15, -0.1) is 0 Å². The zero-order chi connectivity index (χ0) is 22.9. The molecular formula is C24H22FNO6. The molecule has 3 aromatic rings. The maximum absolute atomic E-state index is 13.0. The van der Waals surface area contributed by atoms with Crippen molar-refractivity contribution in [3.8, 4) is 17.2 Å². The van der Waals surface area contributed by atoms with E-state index in [1.165, 1.54) is 32.4 Å². The summed E-state index contributed by atoms with van der Waals surface area (Å²) in [6.07, 6.45) is 0. The third kappa shape index (κ3) is 6.46. The first kappa shape index (κ1) is 22.6. The second-order valence-corrected chi connectivity index (χ2v) is 6.67. The molecule has 0 radical (unpaired) electrons. The van der Waals surface area contributed by atoms with Crippen LogP contribution in [0.15, 0.2) is 66.7 Å². The van der Waals surface area contributed by atoms with Crippen molar-refractivity contribution in [2.45, 2.75) is 6.61 Å². The number of nitrogens with one attached hydrogen (secondary N) is 1. The van der Waals surface area contributed by atoms with E-state index in [-0.39, 0.29) is 18.0 Å². The van der Waals surface area contributed by atoms with Gasteiger partial charge in [0, 0.05) is 23.9 Å². The van der Waals surface area contributed by atoms with Gasteiger partial charge in [-0.2, -0.15) is 0 Å². The van der Waals surface area contributed by atoms with Crippen LogP contribution < -0.4 is 19.5 Å². The molecule has 3 aromatic carbocycles. The van der Waals surface area contributed by atoms with Crippen LogP contribution in [0.3, 0.4) is 0 Å². The molecule has 3 rings (SSSR count). The average molecular weight is 439 g/mol. The summed E-state index contributed by atoms with van der Waals surface area (Å²) in [7, 11) is 3.00. The molecule has 0 aliphatic heterocycles. The van der Waals surface area contributed by atoms with Gasteiger partial charge in [0.05, 0.1) is 19.8 Å². The standard InChI is InChI=1S/C24H22FNO6/c1-29-21-11-19(12-22(13-21)30-2)26-23(27)15-32-24(28)17-4-3-5-20(10-17)31-14-16-6-8-18(25)9-7-16/h3-13H,14-15H2,1-2H3,(H,26,27). The number of carbonyl (C=O) groups excluding carboxylic acids is 2. The summed E-state index contributed by atoms with van der Waals surface area (Å²) < 4.78 is 34.0. The summed E-state index contributed by atoms with van der Waals surface area (Å²) in [6.45, 7) is -0.260. The second kappa shape index (κ2) is 10.8. The van der Waals surface area contributed by atoms with Crippen molar-refractivity contribution >= 4 is 17.6 Å². The molecule has 0 bridgehead atoms. The van der Waals surface area contributed by atoms with Gasteiger partial charge in [0.15, 0.2) is 6.61 Å². The van der Waals surface area contributed by atoms with Crippen molar-refractivity contribution in [2.24, 2.45) is 0 Å².